The number of benzene rings is 1. The van der Waals surface area contributed by atoms with E-state index in [1.165, 1.54) is 6.07 Å². The molecular weight excluding hydrogens is 217 g/mol. The van der Waals surface area contributed by atoms with Gasteiger partial charge in [0.15, 0.2) is 17.5 Å². The van der Waals surface area contributed by atoms with Crippen LogP contribution >= 0.6 is 0 Å². The molecule has 1 fully saturated rings. The molecular formula is C11H13F3N2. The Morgan fingerprint density at radius 1 is 1.19 bits per heavy atom. The van der Waals surface area contributed by atoms with Crippen molar-refractivity contribution in [3.05, 3.63) is 35.1 Å². The maximum absolute atomic E-state index is 13.5. The third kappa shape index (κ3) is 2.05. The summed E-state index contributed by atoms with van der Waals surface area (Å²) < 4.78 is 39.3. The molecule has 1 saturated heterocycles. The van der Waals surface area contributed by atoms with E-state index < -0.39 is 17.5 Å². The highest BCUT2D eigenvalue weighted by Gasteiger charge is 2.24. The molecule has 5 heteroatoms. The largest absolute Gasteiger partial charge is 0.269 e. The Morgan fingerprint density at radius 3 is 2.62 bits per heavy atom. The number of nitrogens with two attached hydrogens (primary N) is 1. The topological polar surface area (TPSA) is 29.3 Å². The number of piperidine rings is 1. The van der Waals surface area contributed by atoms with E-state index in [0.717, 1.165) is 25.5 Å². The van der Waals surface area contributed by atoms with Gasteiger partial charge in [-0.2, -0.15) is 0 Å². The summed E-state index contributed by atoms with van der Waals surface area (Å²) in [5.41, 5.74) is 0.217. The predicted molar refractivity (Wildman–Crippen MR) is 54.1 cm³/mol. The van der Waals surface area contributed by atoms with E-state index in [1.807, 2.05) is 0 Å². The van der Waals surface area contributed by atoms with Crippen LogP contribution in [0.25, 0.3) is 0 Å². The number of rotatable bonds is 1. The van der Waals surface area contributed by atoms with Crippen LogP contribution in [0.5, 0.6) is 0 Å². The van der Waals surface area contributed by atoms with Crippen molar-refractivity contribution in [1.82, 2.24) is 5.01 Å². The maximum Gasteiger partial charge on any atom is 0.194 e. The number of hydrogen-bond acceptors (Lipinski definition) is 2. The van der Waals surface area contributed by atoms with Crippen LogP contribution in [0.15, 0.2) is 12.1 Å². The van der Waals surface area contributed by atoms with Gasteiger partial charge in [-0.25, -0.2) is 18.2 Å². The second kappa shape index (κ2) is 4.43. The Balaban J connectivity index is 2.29. The average molecular weight is 230 g/mol. The monoisotopic (exact) mass is 230 g/mol. The van der Waals surface area contributed by atoms with Crippen LogP contribution in [0.2, 0.25) is 0 Å². The molecule has 2 N–H and O–H groups in total. The molecule has 0 aromatic heterocycles. The Hall–Kier alpha value is -1.07. The van der Waals surface area contributed by atoms with Gasteiger partial charge in [0.05, 0.1) is 0 Å². The van der Waals surface area contributed by atoms with Crippen LogP contribution in [0, 0.1) is 17.5 Å². The van der Waals surface area contributed by atoms with Gasteiger partial charge in [0.1, 0.15) is 0 Å². The minimum atomic E-state index is -1.40. The summed E-state index contributed by atoms with van der Waals surface area (Å²) in [6.45, 7) is 1.23. The molecule has 0 amide bonds. The Kier molecular flexibility index (Phi) is 3.16. The van der Waals surface area contributed by atoms with Crippen molar-refractivity contribution in [1.29, 1.82) is 0 Å². The van der Waals surface area contributed by atoms with Crippen molar-refractivity contribution in [3.63, 3.8) is 0 Å². The fourth-order valence-electron chi connectivity index (χ4n) is 2.12. The minimum absolute atomic E-state index is 0.158. The summed E-state index contributed by atoms with van der Waals surface area (Å²) in [7, 11) is 0. The smallest absolute Gasteiger partial charge is 0.194 e. The summed E-state index contributed by atoms with van der Waals surface area (Å²) in [6, 6.07) is 2.26. The highest BCUT2D eigenvalue weighted by atomic mass is 19.2. The molecule has 0 radical (unpaired) electrons. The Labute approximate surface area is 91.8 Å². The number of halogens is 3. The first kappa shape index (κ1) is 11.4. The standard InChI is InChI=1S/C11H13F3N2/c12-9-4-3-8(10(13)11(9)14)7-2-1-5-16(15)6-7/h3-4,7H,1-2,5-6,15H2. The number of nitrogens with zero attached hydrogens (tertiary/aromatic N) is 1. The van der Waals surface area contributed by atoms with Gasteiger partial charge in [0.2, 0.25) is 0 Å². The molecule has 0 bridgehead atoms. The van der Waals surface area contributed by atoms with E-state index in [0.29, 0.717) is 6.54 Å². The second-order valence-electron chi connectivity index (χ2n) is 4.10. The van der Waals surface area contributed by atoms with E-state index in [2.05, 4.69) is 0 Å². The van der Waals surface area contributed by atoms with Gasteiger partial charge in [0.25, 0.3) is 0 Å². The van der Waals surface area contributed by atoms with Crippen molar-refractivity contribution in [2.24, 2.45) is 5.84 Å². The summed E-state index contributed by atoms with van der Waals surface area (Å²) >= 11 is 0. The number of hydrazine groups is 1. The lowest BCUT2D eigenvalue weighted by atomic mass is 9.91. The van der Waals surface area contributed by atoms with Crippen molar-refractivity contribution in [2.75, 3.05) is 13.1 Å². The quantitative estimate of drug-likeness (QED) is 0.591. The van der Waals surface area contributed by atoms with Crippen molar-refractivity contribution in [2.45, 2.75) is 18.8 Å². The fourth-order valence-corrected chi connectivity index (χ4v) is 2.12. The zero-order chi connectivity index (χ0) is 11.7. The van der Waals surface area contributed by atoms with E-state index in [-0.39, 0.29) is 11.5 Å². The summed E-state index contributed by atoms with van der Waals surface area (Å²) in [4.78, 5) is 0. The molecule has 88 valence electrons. The second-order valence-corrected chi connectivity index (χ2v) is 4.10. The van der Waals surface area contributed by atoms with Gasteiger partial charge in [-0.3, -0.25) is 5.84 Å². The van der Waals surface area contributed by atoms with E-state index in [1.54, 1.807) is 5.01 Å². The van der Waals surface area contributed by atoms with Crippen LogP contribution < -0.4 is 5.84 Å². The van der Waals surface area contributed by atoms with Crippen molar-refractivity contribution < 1.29 is 13.2 Å². The lowest BCUT2D eigenvalue weighted by Gasteiger charge is -2.29. The molecule has 1 aromatic carbocycles. The van der Waals surface area contributed by atoms with Gasteiger partial charge < -0.3 is 0 Å². The molecule has 16 heavy (non-hydrogen) atoms. The van der Waals surface area contributed by atoms with Crippen LogP contribution in [0.4, 0.5) is 13.2 Å². The lowest BCUT2D eigenvalue weighted by Crippen LogP contribution is -2.39. The minimum Gasteiger partial charge on any atom is -0.269 e. The molecule has 1 atom stereocenters. The molecule has 2 nitrogen and oxygen atoms in total. The van der Waals surface area contributed by atoms with Crippen LogP contribution in [0.1, 0.15) is 24.3 Å². The summed E-state index contributed by atoms with van der Waals surface area (Å²) in [6.07, 6.45) is 1.58. The maximum atomic E-state index is 13.5. The fraction of sp³-hybridized carbons (Fsp3) is 0.455. The molecule has 0 saturated carbocycles. The highest BCUT2D eigenvalue weighted by molar-refractivity contribution is 5.24. The lowest BCUT2D eigenvalue weighted by molar-refractivity contribution is 0.210. The van der Waals surface area contributed by atoms with Gasteiger partial charge in [0, 0.05) is 19.0 Å². The van der Waals surface area contributed by atoms with Crippen molar-refractivity contribution in [3.8, 4) is 0 Å². The molecule has 2 rings (SSSR count). The van der Waals surface area contributed by atoms with E-state index in [4.69, 9.17) is 5.84 Å². The van der Waals surface area contributed by atoms with Crippen LogP contribution in [-0.2, 0) is 0 Å². The van der Waals surface area contributed by atoms with Crippen LogP contribution in [0.3, 0.4) is 0 Å². The first-order valence-corrected chi connectivity index (χ1v) is 5.22. The van der Waals surface area contributed by atoms with Gasteiger partial charge in [-0.1, -0.05) is 6.07 Å². The van der Waals surface area contributed by atoms with Gasteiger partial charge in [-0.05, 0) is 24.5 Å². The number of hydrogen-bond donors (Lipinski definition) is 1. The highest BCUT2D eigenvalue weighted by Crippen LogP contribution is 2.29. The molecule has 1 aliphatic rings. The molecule has 1 unspecified atom stereocenters. The molecule has 1 heterocycles. The van der Waals surface area contributed by atoms with Gasteiger partial charge >= 0.3 is 0 Å². The third-order valence-corrected chi connectivity index (χ3v) is 2.96. The van der Waals surface area contributed by atoms with Crippen molar-refractivity contribution >= 4 is 0 Å². The molecule has 0 spiro atoms. The zero-order valence-electron chi connectivity index (χ0n) is 8.72. The SMILES string of the molecule is NN1CCCC(c2ccc(F)c(F)c2F)C1. The summed E-state index contributed by atoms with van der Waals surface area (Å²) in [5, 5.41) is 1.58. The van der Waals surface area contributed by atoms with Crippen LogP contribution in [-0.4, -0.2) is 18.1 Å². The molecule has 1 aromatic rings. The van der Waals surface area contributed by atoms with Gasteiger partial charge in [-0.15, -0.1) is 0 Å². The normalized spacial score (nSPS) is 22.4. The summed E-state index contributed by atoms with van der Waals surface area (Å²) in [5.74, 6) is 1.83. The molecule has 0 aliphatic carbocycles. The predicted octanol–water partition coefficient (Wildman–Crippen LogP) is 2.16. The first-order chi connectivity index (χ1) is 7.59. The Morgan fingerprint density at radius 2 is 1.94 bits per heavy atom. The van der Waals surface area contributed by atoms with E-state index >= 15 is 0 Å². The average Bonchev–Trinajstić information content (AvgIpc) is 2.26. The van der Waals surface area contributed by atoms with E-state index in [9.17, 15) is 13.2 Å². The Bertz CT molecular complexity index is 395. The zero-order valence-corrected chi connectivity index (χ0v) is 8.72. The molecule has 1 aliphatic heterocycles. The first-order valence-electron chi connectivity index (χ1n) is 5.22. The third-order valence-electron chi connectivity index (χ3n) is 2.96.